The van der Waals surface area contributed by atoms with Crippen molar-refractivity contribution < 1.29 is 4.79 Å². The highest BCUT2D eigenvalue weighted by molar-refractivity contribution is 5.92. The number of nitrogens with one attached hydrogen (secondary N) is 3. The molecule has 1 fully saturated rings. The van der Waals surface area contributed by atoms with Crippen LogP contribution < -0.4 is 10.6 Å². The summed E-state index contributed by atoms with van der Waals surface area (Å²) in [7, 11) is 0. The number of H-pyrrole nitrogens is 1. The van der Waals surface area contributed by atoms with Gasteiger partial charge in [-0.3, -0.25) is 4.79 Å². The number of anilines is 1. The summed E-state index contributed by atoms with van der Waals surface area (Å²) in [6.45, 7) is 2.46. The first-order chi connectivity index (χ1) is 13.7. The zero-order valence-electron chi connectivity index (χ0n) is 16.3. The fourth-order valence-corrected chi connectivity index (χ4v) is 3.92. The number of carbonyl (C=O) groups is 1. The fraction of sp³-hybridized carbons (Fsp3) is 0.409. The van der Waals surface area contributed by atoms with E-state index in [1.165, 1.54) is 30.2 Å². The summed E-state index contributed by atoms with van der Waals surface area (Å²) in [5.41, 5.74) is 3.54. The average molecular weight is 377 g/mol. The Morgan fingerprint density at radius 2 is 2.00 bits per heavy atom. The Labute approximate surface area is 165 Å². The van der Waals surface area contributed by atoms with E-state index in [0.717, 1.165) is 30.5 Å². The number of aryl methyl sites for hydroxylation is 1. The van der Waals surface area contributed by atoms with Gasteiger partial charge in [-0.05, 0) is 43.9 Å². The van der Waals surface area contributed by atoms with Crippen LogP contribution in [0.1, 0.15) is 53.8 Å². The van der Waals surface area contributed by atoms with Crippen LogP contribution in [0, 0.1) is 6.92 Å². The van der Waals surface area contributed by atoms with Crippen molar-refractivity contribution in [2.24, 2.45) is 0 Å². The summed E-state index contributed by atoms with van der Waals surface area (Å²) < 4.78 is 0. The zero-order valence-corrected chi connectivity index (χ0v) is 16.3. The van der Waals surface area contributed by atoms with E-state index >= 15 is 0 Å². The van der Waals surface area contributed by atoms with Crippen molar-refractivity contribution in [3.63, 3.8) is 0 Å². The maximum atomic E-state index is 12.6. The lowest BCUT2D eigenvalue weighted by Crippen LogP contribution is -2.28. The largest absolute Gasteiger partial charge is 0.361 e. The average Bonchev–Trinajstić information content (AvgIpc) is 3.11. The standard InChI is InChI=1S/C22H27N5O/c1-15-13-20(27-22(25-15)26-17-7-3-2-4-8-17)21(28)23-12-11-16-14-24-19-10-6-5-9-18(16)19/h5-6,9-10,13-14,17,24H,2-4,7-8,11-12H2,1H3,(H,23,28)(H,25,26,27). The van der Waals surface area contributed by atoms with E-state index in [0.29, 0.717) is 24.2 Å². The van der Waals surface area contributed by atoms with Gasteiger partial charge in [0.2, 0.25) is 5.95 Å². The van der Waals surface area contributed by atoms with Crippen molar-refractivity contribution >= 4 is 22.8 Å². The molecule has 0 aliphatic heterocycles. The van der Waals surface area contributed by atoms with Crippen LogP contribution in [0.3, 0.4) is 0 Å². The molecule has 0 spiro atoms. The van der Waals surface area contributed by atoms with Crippen LogP contribution in [-0.4, -0.2) is 33.4 Å². The quantitative estimate of drug-likeness (QED) is 0.607. The molecule has 0 saturated heterocycles. The molecule has 4 rings (SSSR count). The lowest BCUT2D eigenvalue weighted by Gasteiger charge is -2.23. The Morgan fingerprint density at radius 1 is 1.18 bits per heavy atom. The Kier molecular flexibility index (Phi) is 5.55. The fourth-order valence-electron chi connectivity index (χ4n) is 3.92. The van der Waals surface area contributed by atoms with Crippen LogP contribution in [-0.2, 0) is 6.42 Å². The van der Waals surface area contributed by atoms with Gasteiger partial charge in [0.15, 0.2) is 0 Å². The monoisotopic (exact) mass is 377 g/mol. The minimum atomic E-state index is -0.156. The lowest BCUT2D eigenvalue weighted by molar-refractivity contribution is 0.0949. The number of hydrogen-bond acceptors (Lipinski definition) is 4. The molecule has 3 N–H and O–H groups in total. The van der Waals surface area contributed by atoms with Crippen LogP contribution in [0.15, 0.2) is 36.5 Å². The summed E-state index contributed by atoms with van der Waals surface area (Å²) >= 11 is 0. The summed E-state index contributed by atoms with van der Waals surface area (Å²) in [5, 5.41) is 7.60. The Morgan fingerprint density at radius 3 is 2.86 bits per heavy atom. The van der Waals surface area contributed by atoms with Crippen LogP contribution in [0.5, 0.6) is 0 Å². The molecular formula is C22H27N5O. The smallest absolute Gasteiger partial charge is 0.270 e. The number of aromatic amines is 1. The molecule has 1 aromatic carbocycles. The number of carbonyl (C=O) groups excluding carboxylic acids is 1. The first-order valence-corrected chi connectivity index (χ1v) is 10.1. The third-order valence-corrected chi connectivity index (χ3v) is 5.38. The van der Waals surface area contributed by atoms with Gasteiger partial charge in [0.05, 0.1) is 0 Å². The number of para-hydroxylation sites is 1. The van der Waals surface area contributed by atoms with E-state index in [1.54, 1.807) is 6.07 Å². The number of aromatic nitrogens is 3. The molecule has 1 aliphatic rings. The second kappa shape index (κ2) is 8.42. The molecule has 6 nitrogen and oxygen atoms in total. The molecule has 3 aromatic rings. The molecule has 1 amide bonds. The van der Waals surface area contributed by atoms with E-state index in [4.69, 9.17) is 0 Å². The number of hydrogen-bond donors (Lipinski definition) is 3. The van der Waals surface area contributed by atoms with E-state index in [-0.39, 0.29) is 5.91 Å². The minimum absolute atomic E-state index is 0.156. The van der Waals surface area contributed by atoms with Gasteiger partial charge in [0.1, 0.15) is 5.69 Å². The predicted octanol–water partition coefficient (Wildman–Crippen LogP) is 3.98. The van der Waals surface area contributed by atoms with Gasteiger partial charge < -0.3 is 15.6 Å². The second-order valence-electron chi connectivity index (χ2n) is 7.56. The van der Waals surface area contributed by atoms with Crippen molar-refractivity contribution in [2.75, 3.05) is 11.9 Å². The summed E-state index contributed by atoms with van der Waals surface area (Å²) in [6.07, 6.45) is 8.85. The van der Waals surface area contributed by atoms with Gasteiger partial charge >= 0.3 is 0 Å². The molecule has 1 saturated carbocycles. The van der Waals surface area contributed by atoms with E-state index in [2.05, 4.69) is 37.7 Å². The molecule has 1 aliphatic carbocycles. The van der Waals surface area contributed by atoms with Crippen LogP contribution in [0.25, 0.3) is 10.9 Å². The first-order valence-electron chi connectivity index (χ1n) is 10.1. The summed E-state index contributed by atoms with van der Waals surface area (Å²) in [4.78, 5) is 24.8. The highest BCUT2D eigenvalue weighted by Crippen LogP contribution is 2.20. The SMILES string of the molecule is Cc1cc(C(=O)NCCc2c[nH]c3ccccc23)nc(NC2CCCCC2)n1. The molecular weight excluding hydrogens is 350 g/mol. The van der Waals surface area contributed by atoms with Gasteiger partial charge in [-0.25, -0.2) is 9.97 Å². The third-order valence-electron chi connectivity index (χ3n) is 5.38. The van der Waals surface area contributed by atoms with E-state index < -0.39 is 0 Å². The second-order valence-corrected chi connectivity index (χ2v) is 7.56. The van der Waals surface area contributed by atoms with Crippen molar-refractivity contribution in [3.05, 3.63) is 53.5 Å². The molecule has 28 heavy (non-hydrogen) atoms. The van der Waals surface area contributed by atoms with Gasteiger partial charge in [-0.15, -0.1) is 0 Å². The van der Waals surface area contributed by atoms with Crippen molar-refractivity contribution in [3.8, 4) is 0 Å². The Balaban J connectivity index is 1.37. The maximum absolute atomic E-state index is 12.6. The van der Waals surface area contributed by atoms with Gasteiger partial charge in [0, 0.05) is 35.4 Å². The molecule has 146 valence electrons. The number of benzene rings is 1. The lowest BCUT2D eigenvalue weighted by atomic mass is 9.96. The molecule has 0 radical (unpaired) electrons. The van der Waals surface area contributed by atoms with Crippen molar-refractivity contribution in [1.29, 1.82) is 0 Å². The van der Waals surface area contributed by atoms with Crippen molar-refractivity contribution in [1.82, 2.24) is 20.3 Å². The topological polar surface area (TPSA) is 82.7 Å². The normalized spacial score (nSPS) is 14.9. The van der Waals surface area contributed by atoms with E-state index in [9.17, 15) is 4.79 Å². The summed E-state index contributed by atoms with van der Waals surface area (Å²) in [5.74, 6) is 0.408. The molecule has 2 aromatic heterocycles. The maximum Gasteiger partial charge on any atom is 0.270 e. The van der Waals surface area contributed by atoms with Crippen LogP contribution >= 0.6 is 0 Å². The van der Waals surface area contributed by atoms with Gasteiger partial charge in [0.25, 0.3) is 5.91 Å². The van der Waals surface area contributed by atoms with Crippen LogP contribution in [0.2, 0.25) is 0 Å². The van der Waals surface area contributed by atoms with Gasteiger partial charge in [-0.1, -0.05) is 37.5 Å². The molecule has 6 heteroatoms. The molecule has 2 heterocycles. The number of amides is 1. The molecule has 0 bridgehead atoms. The number of nitrogens with zero attached hydrogens (tertiary/aromatic N) is 2. The zero-order chi connectivity index (χ0) is 19.3. The molecule has 0 unspecified atom stereocenters. The van der Waals surface area contributed by atoms with E-state index in [1.807, 2.05) is 25.3 Å². The van der Waals surface area contributed by atoms with Crippen molar-refractivity contribution in [2.45, 2.75) is 51.5 Å². The highest BCUT2D eigenvalue weighted by atomic mass is 16.1. The van der Waals surface area contributed by atoms with Crippen LogP contribution in [0.4, 0.5) is 5.95 Å². The number of rotatable bonds is 6. The minimum Gasteiger partial charge on any atom is -0.361 e. The highest BCUT2D eigenvalue weighted by Gasteiger charge is 2.16. The number of fused-ring (bicyclic) bond motifs is 1. The predicted molar refractivity (Wildman–Crippen MR) is 112 cm³/mol. The Hall–Kier alpha value is -2.89. The molecule has 0 atom stereocenters. The van der Waals surface area contributed by atoms with Gasteiger partial charge in [-0.2, -0.15) is 0 Å². The third kappa shape index (κ3) is 4.32. The Bertz CT molecular complexity index is 958. The first kappa shape index (κ1) is 18.5. The summed E-state index contributed by atoms with van der Waals surface area (Å²) in [6, 6.07) is 10.4.